The molecule has 11 nitrogen and oxygen atoms in total. The van der Waals surface area contributed by atoms with E-state index in [9.17, 15) is 32.6 Å². The summed E-state index contributed by atoms with van der Waals surface area (Å²) in [5, 5.41) is 24.5. The average Bonchev–Trinajstić information content (AvgIpc) is 3.68. The molecule has 3 atom stereocenters. The molecule has 0 aliphatic carbocycles. The number of carbonyl (C=O) groups excluding carboxylic acids is 2. The highest BCUT2D eigenvalue weighted by Gasteiger charge is 2.28. The van der Waals surface area contributed by atoms with Crippen molar-refractivity contribution in [3.8, 4) is 11.3 Å². The summed E-state index contributed by atoms with van der Waals surface area (Å²) in [6, 6.07) is 5.37. The third-order valence-electron chi connectivity index (χ3n) is 9.85. The molecule has 1 saturated heterocycles. The Morgan fingerprint density at radius 2 is 1.46 bits per heavy atom. The van der Waals surface area contributed by atoms with Crippen LogP contribution in [-0.4, -0.2) is 90.0 Å². The van der Waals surface area contributed by atoms with Crippen molar-refractivity contribution in [2.45, 2.75) is 116 Å². The van der Waals surface area contributed by atoms with Gasteiger partial charge in [-0.1, -0.05) is 106 Å². The molecule has 0 radical (unpaired) electrons. The number of nitrogens with one attached hydrogen (secondary N) is 1. The number of hydrogen-bond acceptors (Lipinski definition) is 8. The molecule has 0 unspecified atom stereocenters. The highest BCUT2D eigenvalue weighted by molar-refractivity contribution is 7.92. The maximum absolute atomic E-state index is 13.8. The van der Waals surface area contributed by atoms with E-state index >= 15 is 0 Å². The number of aromatic nitrogens is 2. The number of aliphatic hydroxyl groups excluding tert-OH is 2. The van der Waals surface area contributed by atoms with Gasteiger partial charge in [-0.2, -0.15) is 0 Å². The Balaban J connectivity index is 1.40. The van der Waals surface area contributed by atoms with E-state index in [1.807, 2.05) is 19.9 Å². The van der Waals surface area contributed by atoms with Crippen LogP contribution in [0.15, 0.2) is 103 Å². The van der Waals surface area contributed by atoms with Crippen molar-refractivity contribution in [2.75, 3.05) is 30.7 Å². The van der Waals surface area contributed by atoms with Crippen LogP contribution in [0.3, 0.4) is 0 Å². The highest BCUT2D eigenvalue weighted by atomic mass is 32.2. The molecule has 0 spiro atoms. The molecule has 3 N–H and O–H groups in total. The maximum atomic E-state index is 13.8. The van der Waals surface area contributed by atoms with Crippen molar-refractivity contribution in [1.29, 1.82) is 0 Å². The lowest BCUT2D eigenvalue weighted by Gasteiger charge is -2.20. The second-order valence-corrected chi connectivity index (χ2v) is 17.4. The van der Waals surface area contributed by atoms with Gasteiger partial charge in [0.05, 0.1) is 36.3 Å². The molecule has 1 aromatic heterocycles. The lowest BCUT2D eigenvalue weighted by molar-refractivity contribution is -0.130. The summed E-state index contributed by atoms with van der Waals surface area (Å²) in [6.07, 6.45) is 34.5. The van der Waals surface area contributed by atoms with E-state index in [0.717, 1.165) is 49.1 Å². The number of hydrogen-bond donors (Lipinski definition) is 3. The Kier molecular flexibility index (Phi) is 22.4. The average molecular weight is 860 g/mol. The number of carbonyl (C=O) groups is 2. The van der Waals surface area contributed by atoms with Crippen molar-refractivity contribution in [1.82, 2.24) is 20.2 Å². The maximum Gasteiger partial charge on any atom is 0.239 e. The largest absolute Gasteiger partial charge is 0.392 e. The third kappa shape index (κ3) is 19.1. The van der Waals surface area contributed by atoms with Crippen LogP contribution in [0, 0.1) is 5.82 Å². The number of nitrogens with zero attached hydrogens (tertiary/aromatic N) is 4. The zero-order chi connectivity index (χ0) is 44.6. The van der Waals surface area contributed by atoms with Gasteiger partial charge in [0.25, 0.3) is 0 Å². The Morgan fingerprint density at radius 1 is 0.902 bits per heavy atom. The number of amides is 2. The summed E-state index contributed by atoms with van der Waals surface area (Å²) < 4.78 is 39.4. The van der Waals surface area contributed by atoms with Gasteiger partial charge in [-0.25, -0.2) is 27.1 Å². The van der Waals surface area contributed by atoms with Gasteiger partial charge < -0.3 is 20.4 Å². The minimum Gasteiger partial charge on any atom is -0.392 e. The second kappa shape index (κ2) is 27.1. The molecular formula is C48H66FN5O6S. The lowest BCUT2D eigenvalue weighted by atomic mass is 9.97. The van der Waals surface area contributed by atoms with Crippen LogP contribution < -0.4 is 9.62 Å². The molecule has 61 heavy (non-hydrogen) atoms. The van der Waals surface area contributed by atoms with Crippen molar-refractivity contribution >= 4 is 33.9 Å². The first-order valence-corrected chi connectivity index (χ1v) is 23.2. The molecule has 3 rings (SSSR count). The van der Waals surface area contributed by atoms with E-state index in [-0.39, 0.29) is 42.6 Å². The first kappa shape index (κ1) is 50.4. The van der Waals surface area contributed by atoms with Gasteiger partial charge in [0.15, 0.2) is 0 Å². The monoisotopic (exact) mass is 859 g/mol. The molecule has 2 aromatic rings. The zero-order valence-electron chi connectivity index (χ0n) is 36.5. The quantitative estimate of drug-likeness (QED) is 0.0841. The summed E-state index contributed by atoms with van der Waals surface area (Å²) in [4.78, 5) is 36.4. The molecule has 1 aromatic carbocycles. The number of allylic oxidation sites excluding steroid dienone is 12. The SMILES string of the molecule is CC/C=C\C/C=C\C/C=C\C/C=C\C/C=C\C/C=C\CCC(=O)N1CC[C@@H](NC(=O)C[C@H](O)C[C@H](O)/C=C/c2c(-c3ccc(F)cc3)nc(N(C)S(C)(=O)=O)nc2C(C)C)C1. The molecule has 0 saturated carbocycles. The second-order valence-electron chi connectivity index (χ2n) is 15.4. The van der Waals surface area contributed by atoms with Crippen molar-refractivity contribution in [3.63, 3.8) is 0 Å². The number of rotatable bonds is 25. The van der Waals surface area contributed by atoms with Crippen molar-refractivity contribution in [3.05, 3.63) is 120 Å². The first-order chi connectivity index (χ1) is 29.2. The predicted octanol–water partition coefficient (Wildman–Crippen LogP) is 8.51. The summed E-state index contributed by atoms with van der Waals surface area (Å²) in [7, 11) is -2.34. The van der Waals surface area contributed by atoms with Crippen LogP contribution in [0.2, 0.25) is 0 Å². The van der Waals surface area contributed by atoms with E-state index in [4.69, 9.17) is 0 Å². The van der Waals surface area contributed by atoms with Crippen LogP contribution in [0.5, 0.6) is 0 Å². The van der Waals surface area contributed by atoms with Gasteiger partial charge in [0, 0.05) is 50.1 Å². The number of likely N-dealkylation sites (tertiary alicyclic amines) is 1. The molecule has 0 bridgehead atoms. The van der Waals surface area contributed by atoms with Gasteiger partial charge in [0.1, 0.15) is 5.82 Å². The minimum atomic E-state index is -3.69. The van der Waals surface area contributed by atoms with Crippen LogP contribution in [-0.2, 0) is 19.6 Å². The standard InChI is InChI=1S/C48H66FN5O6S/c1-6-7-8-9-10-11-12-13-14-15-16-17-18-19-20-21-22-23-24-25-45(58)54-33-32-40(36-54)50-44(57)35-42(56)34-41(55)30-31-43-46(37(2)3)51-48(53(4)61(5,59)60)52-47(43)38-26-28-39(49)29-27-38/h7-8,10-11,13-14,16-17,19-20,22-23,26-31,37,40-42,55-56H,6,9,12,15,18,21,24-25,32-36H2,1-5H3,(H,50,57)/b8-7-,11-10-,14-13-,17-16-,20-19-,23-22-,31-30+/t40-,41-,42-/m1/s1. The van der Waals surface area contributed by atoms with Crippen LogP contribution in [0.4, 0.5) is 10.3 Å². The number of sulfonamides is 1. The van der Waals surface area contributed by atoms with Crippen LogP contribution in [0.25, 0.3) is 17.3 Å². The fraction of sp³-hybridized carbons (Fsp3) is 0.458. The molecule has 1 aliphatic rings. The van der Waals surface area contributed by atoms with Crippen LogP contribution >= 0.6 is 0 Å². The molecule has 1 aliphatic heterocycles. The van der Waals surface area contributed by atoms with Gasteiger partial charge in [-0.05, 0) is 81.5 Å². The Labute approximate surface area is 363 Å². The minimum absolute atomic E-state index is 0.0388. The van der Waals surface area contributed by atoms with E-state index in [1.54, 1.807) is 11.0 Å². The number of halogens is 1. The normalized spacial score (nSPS) is 16.3. The molecule has 2 amide bonds. The van der Waals surface area contributed by atoms with E-state index < -0.39 is 28.0 Å². The number of benzene rings is 1. The fourth-order valence-corrected chi connectivity index (χ4v) is 6.83. The Bertz CT molecular complexity index is 2010. The lowest BCUT2D eigenvalue weighted by Crippen LogP contribution is -2.39. The molecule has 1 fully saturated rings. The van der Waals surface area contributed by atoms with Crippen molar-refractivity contribution in [2.24, 2.45) is 0 Å². The van der Waals surface area contributed by atoms with Crippen molar-refractivity contribution < 1.29 is 32.6 Å². The molecular weight excluding hydrogens is 794 g/mol. The third-order valence-corrected chi connectivity index (χ3v) is 11.0. The summed E-state index contributed by atoms with van der Waals surface area (Å²) in [5.41, 5.74) is 1.85. The number of aliphatic hydroxyl groups is 2. The van der Waals surface area contributed by atoms with Gasteiger partial charge in [0.2, 0.25) is 27.8 Å². The predicted molar refractivity (Wildman–Crippen MR) is 246 cm³/mol. The summed E-state index contributed by atoms with van der Waals surface area (Å²) >= 11 is 0. The van der Waals surface area contributed by atoms with Gasteiger partial charge in [-0.15, -0.1) is 0 Å². The van der Waals surface area contributed by atoms with E-state index in [2.05, 4.69) is 89.0 Å². The van der Waals surface area contributed by atoms with Gasteiger partial charge >= 0.3 is 0 Å². The smallest absolute Gasteiger partial charge is 0.239 e. The summed E-state index contributed by atoms with van der Waals surface area (Å²) in [5.74, 6) is -1.03. The molecule has 13 heteroatoms. The Morgan fingerprint density at radius 3 is 2.00 bits per heavy atom. The topological polar surface area (TPSA) is 153 Å². The van der Waals surface area contributed by atoms with Gasteiger partial charge in [-0.3, -0.25) is 9.59 Å². The molecule has 332 valence electrons. The van der Waals surface area contributed by atoms with E-state index in [1.165, 1.54) is 37.4 Å². The fourth-order valence-electron chi connectivity index (χ4n) is 6.45. The van der Waals surface area contributed by atoms with Crippen LogP contribution in [0.1, 0.15) is 109 Å². The van der Waals surface area contributed by atoms with E-state index in [0.29, 0.717) is 54.9 Å². The number of anilines is 1. The Hall–Kier alpha value is -4.98. The first-order valence-electron chi connectivity index (χ1n) is 21.3. The summed E-state index contributed by atoms with van der Waals surface area (Å²) in [6.45, 7) is 6.85. The highest BCUT2D eigenvalue weighted by Crippen LogP contribution is 2.32. The molecule has 2 heterocycles. The zero-order valence-corrected chi connectivity index (χ0v) is 37.3.